The SMILES string of the molecule is CNC1CCC(Nc2cc(=O)[nH]cn2)CC1. The molecule has 1 saturated carbocycles. The number of nitrogens with zero attached hydrogens (tertiary/aromatic N) is 1. The van der Waals surface area contributed by atoms with E-state index >= 15 is 0 Å². The van der Waals surface area contributed by atoms with E-state index in [0.29, 0.717) is 17.9 Å². The van der Waals surface area contributed by atoms with Crippen molar-refractivity contribution in [3.05, 3.63) is 22.7 Å². The molecule has 1 aromatic rings. The summed E-state index contributed by atoms with van der Waals surface area (Å²) in [6.07, 6.45) is 6.04. The Hall–Kier alpha value is -1.36. The van der Waals surface area contributed by atoms with Crippen molar-refractivity contribution < 1.29 is 0 Å². The molecule has 5 nitrogen and oxygen atoms in total. The molecule has 0 radical (unpaired) electrons. The zero-order valence-corrected chi connectivity index (χ0v) is 9.49. The van der Waals surface area contributed by atoms with Gasteiger partial charge in [-0.25, -0.2) is 4.98 Å². The summed E-state index contributed by atoms with van der Waals surface area (Å²) < 4.78 is 0. The van der Waals surface area contributed by atoms with E-state index in [1.807, 2.05) is 7.05 Å². The Labute approximate surface area is 94.7 Å². The van der Waals surface area contributed by atoms with Crippen LogP contribution >= 0.6 is 0 Å². The molecular formula is C11H18N4O. The van der Waals surface area contributed by atoms with Gasteiger partial charge in [0.2, 0.25) is 0 Å². The third kappa shape index (κ3) is 2.82. The summed E-state index contributed by atoms with van der Waals surface area (Å²) >= 11 is 0. The lowest BCUT2D eigenvalue weighted by molar-refractivity contribution is 0.371. The zero-order valence-electron chi connectivity index (χ0n) is 9.49. The molecule has 1 aliphatic rings. The molecule has 1 aromatic heterocycles. The highest BCUT2D eigenvalue weighted by molar-refractivity contribution is 5.33. The van der Waals surface area contributed by atoms with Gasteiger partial charge in [-0.15, -0.1) is 0 Å². The third-order valence-corrected chi connectivity index (χ3v) is 3.17. The molecule has 0 atom stereocenters. The summed E-state index contributed by atoms with van der Waals surface area (Å²) in [5.41, 5.74) is -0.110. The highest BCUT2D eigenvalue weighted by Gasteiger charge is 2.19. The van der Waals surface area contributed by atoms with E-state index in [1.165, 1.54) is 25.2 Å². The second-order valence-corrected chi connectivity index (χ2v) is 4.28. The molecular weight excluding hydrogens is 204 g/mol. The van der Waals surface area contributed by atoms with E-state index < -0.39 is 0 Å². The van der Waals surface area contributed by atoms with Crippen LogP contribution in [0, 0.1) is 0 Å². The smallest absolute Gasteiger partial charge is 0.252 e. The topological polar surface area (TPSA) is 69.8 Å². The average Bonchev–Trinajstić information content (AvgIpc) is 2.30. The molecule has 1 aliphatic carbocycles. The number of anilines is 1. The van der Waals surface area contributed by atoms with Gasteiger partial charge in [-0.1, -0.05) is 0 Å². The van der Waals surface area contributed by atoms with Crippen molar-refractivity contribution in [1.29, 1.82) is 0 Å². The normalized spacial score (nSPS) is 25.3. The molecule has 0 unspecified atom stereocenters. The van der Waals surface area contributed by atoms with E-state index in [1.54, 1.807) is 0 Å². The van der Waals surface area contributed by atoms with Crippen LogP contribution in [0.2, 0.25) is 0 Å². The second kappa shape index (κ2) is 5.12. The fourth-order valence-corrected chi connectivity index (χ4v) is 2.18. The van der Waals surface area contributed by atoms with Crippen LogP contribution < -0.4 is 16.2 Å². The lowest BCUT2D eigenvalue weighted by Crippen LogP contribution is -2.35. The van der Waals surface area contributed by atoms with Crippen molar-refractivity contribution >= 4 is 5.82 Å². The molecule has 0 aromatic carbocycles. The van der Waals surface area contributed by atoms with Crippen molar-refractivity contribution in [2.24, 2.45) is 0 Å². The van der Waals surface area contributed by atoms with Crippen LogP contribution in [0.4, 0.5) is 5.82 Å². The van der Waals surface area contributed by atoms with Crippen LogP contribution in [0.1, 0.15) is 25.7 Å². The first kappa shape index (κ1) is 11.1. The first-order chi connectivity index (χ1) is 7.78. The zero-order chi connectivity index (χ0) is 11.4. The summed E-state index contributed by atoms with van der Waals surface area (Å²) in [6, 6.07) is 2.59. The Kier molecular flexibility index (Phi) is 3.56. The van der Waals surface area contributed by atoms with Crippen LogP contribution in [0.5, 0.6) is 0 Å². The number of hydrogen-bond donors (Lipinski definition) is 3. The molecule has 2 rings (SSSR count). The maximum atomic E-state index is 11.1. The Morgan fingerprint density at radius 3 is 2.62 bits per heavy atom. The van der Waals surface area contributed by atoms with E-state index in [9.17, 15) is 4.79 Å². The number of nitrogens with one attached hydrogen (secondary N) is 3. The van der Waals surface area contributed by atoms with E-state index in [0.717, 1.165) is 12.8 Å². The minimum absolute atomic E-state index is 0.110. The van der Waals surface area contributed by atoms with Crippen LogP contribution in [0.3, 0.4) is 0 Å². The van der Waals surface area contributed by atoms with Crippen molar-refractivity contribution in [1.82, 2.24) is 15.3 Å². The van der Waals surface area contributed by atoms with Gasteiger partial charge in [0.25, 0.3) is 5.56 Å². The molecule has 88 valence electrons. The highest BCUT2D eigenvalue weighted by Crippen LogP contribution is 2.20. The molecule has 1 heterocycles. The predicted octanol–water partition coefficient (Wildman–Crippen LogP) is 0.712. The van der Waals surface area contributed by atoms with Crippen LogP contribution in [-0.4, -0.2) is 29.1 Å². The molecule has 0 amide bonds. The second-order valence-electron chi connectivity index (χ2n) is 4.28. The summed E-state index contributed by atoms with van der Waals surface area (Å²) in [5.74, 6) is 0.677. The number of H-pyrrole nitrogens is 1. The number of aromatic nitrogens is 2. The molecule has 5 heteroatoms. The molecule has 0 saturated heterocycles. The number of hydrogen-bond acceptors (Lipinski definition) is 4. The van der Waals surface area contributed by atoms with Gasteiger partial charge in [-0.2, -0.15) is 0 Å². The van der Waals surface area contributed by atoms with Gasteiger partial charge in [0.15, 0.2) is 0 Å². The quantitative estimate of drug-likeness (QED) is 0.704. The maximum absolute atomic E-state index is 11.1. The molecule has 0 spiro atoms. The summed E-state index contributed by atoms with van der Waals surface area (Å²) in [5, 5.41) is 6.61. The van der Waals surface area contributed by atoms with Crippen LogP contribution in [0.15, 0.2) is 17.2 Å². The van der Waals surface area contributed by atoms with Gasteiger partial charge in [-0.3, -0.25) is 4.79 Å². The van der Waals surface area contributed by atoms with Gasteiger partial charge < -0.3 is 15.6 Å². The average molecular weight is 222 g/mol. The monoisotopic (exact) mass is 222 g/mol. The van der Waals surface area contributed by atoms with Gasteiger partial charge in [-0.05, 0) is 32.7 Å². The van der Waals surface area contributed by atoms with Crippen molar-refractivity contribution in [3.8, 4) is 0 Å². The molecule has 0 aliphatic heterocycles. The Balaban J connectivity index is 1.89. The number of rotatable bonds is 3. The van der Waals surface area contributed by atoms with Crippen molar-refractivity contribution in [2.75, 3.05) is 12.4 Å². The van der Waals surface area contributed by atoms with Crippen molar-refractivity contribution in [3.63, 3.8) is 0 Å². The lowest BCUT2D eigenvalue weighted by atomic mass is 9.91. The molecule has 0 bridgehead atoms. The Morgan fingerprint density at radius 1 is 1.31 bits per heavy atom. The molecule has 3 N–H and O–H groups in total. The first-order valence-electron chi connectivity index (χ1n) is 5.76. The van der Waals surface area contributed by atoms with Crippen LogP contribution in [-0.2, 0) is 0 Å². The third-order valence-electron chi connectivity index (χ3n) is 3.17. The van der Waals surface area contributed by atoms with Crippen molar-refractivity contribution in [2.45, 2.75) is 37.8 Å². The summed E-state index contributed by atoms with van der Waals surface area (Å²) in [7, 11) is 2.01. The first-order valence-corrected chi connectivity index (χ1v) is 5.76. The fourth-order valence-electron chi connectivity index (χ4n) is 2.18. The predicted molar refractivity (Wildman–Crippen MR) is 63.6 cm³/mol. The summed E-state index contributed by atoms with van der Waals surface area (Å²) in [4.78, 5) is 17.7. The minimum Gasteiger partial charge on any atom is -0.367 e. The maximum Gasteiger partial charge on any atom is 0.252 e. The molecule has 16 heavy (non-hydrogen) atoms. The standard InChI is InChI=1S/C11H18N4O/c1-12-8-2-4-9(5-3-8)15-10-6-11(16)14-7-13-10/h6-9,12H,2-5H2,1H3,(H2,13,14,15,16). The van der Waals surface area contributed by atoms with Gasteiger partial charge in [0.05, 0.1) is 6.33 Å². The Morgan fingerprint density at radius 2 is 2.00 bits per heavy atom. The molecule has 1 fully saturated rings. The van der Waals surface area contributed by atoms with E-state index in [2.05, 4.69) is 20.6 Å². The Bertz CT molecular complexity index is 382. The lowest BCUT2D eigenvalue weighted by Gasteiger charge is -2.29. The highest BCUT2D eigenvalue weighted by atomic mass is 16.1. The van der Waals surface area contributed by atoms with Gasteiger partial charge in [0, 0.05) is 18.2 Å². The van der Waals surface area contributed by atoms with Crippen LogP contribution in [0.25, 0.3) is 0 Å². The number of aromatic amines is 1. The van der Waals surface area contributed by atoms with E-state index in [4.69, 9.17) is 0 Å². The van der Waals surface area contributed by atoms with Gasteiger partial charge >= 0.3 is 0 Å². The largest absolute Gasteiger partial charge is 0.367 e. The van der Waals surface area contributed by atoms with E-state index in [-0.39, 0.29) is 5.56 Å². The fraction of sp³-hybridized carbons (Fsp3) is 0.636. The summed E-state index contributed by atoms with van der Waals surface area (Å²) in [6.45, 7) is 0. The van der Waals surface area contributed by atoms with Gasteiger partial charge in [0.1, 0.15) is 5.82 Å². The minimum atomic E-state index is -0.110.